The Hall–Kier alpha value is -1.04. The van der Waals surface area contributed by atoms with Crippen molar-refractivity contribution in [2.75, 3.05) is 0 Å². The highest BCUT2D eigenvalue weighted by molar-refractivity contribution is 8.00. The summed E-state index contributed by atoms with van der Waals surface area (Å²) in [6.07, 6.45) is 5.98. The molecule has 0 saturated heterocycles. The Kier molecular flexibility index (Phi) is 5.46. The number of aromatic amines is 1. The zero-order valence-corrected chi connectivity index (χ0v) is 13.3. The summed E-state index contributed by atoms with van der Waals surface area (Å²) >= 11 is 1.41. The average molecular weight is 296 g/mol. The third-order valence-corrected chi connectivity index (χ3v) is 4.59. The average Bonchev–Trinajstić information content (AvgIpc) is 2.88. The standard InChI is InChI=1S/C14H24N4OS/c1-9(2)12-16-14(18-17-12)20-10(3)13(19)15-11-7-5-4-6-8-11/h9-11H,4-8H2,1-3H3,(H,15,19)(H,16,17,18)/t10-/m1/s1. The Bertz CT molecular complexity index is 440. The van der Waals surface area contributed by atoms with Crippen LogP contribution < -0.4 is 5.32 Å². The maximum atomic E-state index is 12.2. The monoisotopic (exact) mass is 296 g/mol. The third kappa shape index (κ3) is 4.23. The summed E-state index contributed by atoms with van der Waals surface area (Å²) in [6, 6.07) is 0.359. The van der Waals surface area contributed by atoms with Crippen molar-refractivity contribution in [3.63, 3.8) is 0 Å². The van der Waals surface area contributed by atoms with Gasteiger partial charge in [0.2, 0.25) is 11.1 Å². The van der Waals surface area contributed by atoms with Crippen LogP contribution in [0.15, 0.2) is 5.16 Å². The van der Waals surface area contributed by atoms with Gasteiger partial charge in [0, 0.05) is 12.0 Å². The van der Waals surface area contributed by atoms with E-state index in [0.29, 0.717) is 17.1 Å². The van der Waals surface area contributed by atoms with Gasteiger partial charge in [0.25, 0.3) is 0 Å². The summed E-state index contributed by atoms with van der Waals surface area (Å²) in [7, 11) is 0. The smallest absolute Gasteiger partial charge is 0.233 e. The molecule has 1 aromatic heterocycles. The van der Waals surface area contributed by atoms with Crippen LogP contribution in [0, 0.1) is 0 Å². The quantitative estimate of drug-likeness (QED) is 0.820. The second-order valence-electron chi connectivity index (χ2n) is 5.76. The van der Waals surface area contributed by atoms with Crippen molar-refractivity contribution in [3.8, 4) is 0 Å². The molecule has 0 bridgehead atoms. The van der Waals surface area contributed by atoms with Crippen LogP contribution in [0.4, 0.5) is 0 Å². The molecule has 1 amide bonds. The topological polar surface area (TPSA) is 70.7 Å². The van der Waals surface area contributed by atoms with Gasteiger partial charge in [0.15, 0.2) is 0 Å². The minimum absolute atomic E-state index is 0.0952. The number of aromatic nitrogens is 3. The van der Waals surface area contributed by atoms with Gasteiger partial charge in [-0.1, -0.05) is 44.9 Å². The molecule has 0 aromatic carbocycles. The number of carbonyl (C=O) groups excluding carboxylic acids is 1. The normalized spacial score (nSPS) is 18.2. The Balaban J connectivity index is 1.83. The Morgan fingerprint density at radius 3 is 2.60 bits per heavy atom. The molecule has 0 spiro atoms. The molecular weight excluding hydrogens is 272 g/mol. The van der Waals surface area contributed by atoms with Gasteiger partial charge in [0.1, 0.15) is 5.82 Å². The molecular formula is C14H24N4OS. The second-order valence-corrected chi connectivity index (χ2v) is 7.07. The fourth-order valence-corrected chi connectivity index (χ4v) is 3.09. The largest absolute Gasteiger partial charge is 0.352 e. The number of nitrogens with zero attached hydrogens (tertiary/aromatic N) is 2. The van der Waals surface area contributed by atoms with Crippen molar-refractivity contribution in [1.29, 1.82) is 0 Å². The minimum Gasteiger partial charge on any atom is -0.352 e. The predicted octanol–water partition coefficient (Wildman–Crippen LogP) is 2.86. The van der Waals surface area contributed by atoms with Gasteiger partial charge in [-0.3, -0.25) is 9.89 Å². The number of hydrogen-bond donors (Lipinski definition) is 2. The van der Waals surface area contributed by atoms with Crippen LogP contribution >= 0.6 is 11.8 Å². The van der Waals surface area contributed by atoms with Crippen molar-refractivity contribution < 1.29 is 4.79 Å². The zero-order chi connectivity index (χ0) is 14.5. The highest BCUT2D eigenvalue weighted by Crippen LogP contribution is 2.22. The van der Waals surface area contributed by atoms with E-state index < -0.39 is 0 Å². The lowest BCUT2D eigenvalue weighted by Crippen LogP contribution is -2.40. The van der Waals surface area contributed by atoms with Crippen LogP contribution in [0.3, 0.4) is 0 Å². The molecule has 5 nitrogen and oxygen atoms in total. The second kappa shape index (κ2) is 7.11. The number of rotatable bonds is 5. The highest BCUT2D eigenvalue weighted by atomic mass is 32.2. The molecule has 1 aromatic rings. The third-order valence-electron chi connectivity index (χ3n) is 3.63. The fraction of sp³-hybridized carbons (Fsp3) is 0.786. The van der Waals surface area contributed by atoms with E-state index in [2.05, 4.69) is 34.3 Å². The van der Waals surface area contributed by atoms with E-state index in [1.807, 2.05) is 6.92 Å². The van der Waals surface area contributed by atoms with Gasteiger partial charge in [-0.2, -0.15) is 0 Å². The van der Waals surface area contributed by atoms with Crippen molar-refractivity contribution in [3.05, 3.63) is 5.82 Å². The SMILES string of the molecule is CC(C)c1nc(S[C@H](C)C(=O)NC2CCCCC2)n[nH]1. The first-order valence-electron chi connectivity index (χ1n) is 7.45. The Labute approximate surface area is 124 Å². The van der Waals surface area contributed by atoms with E-state index in [4.69, 9.17) is 0 Å². The van der Waals surface area contributed by atoms with E-state index in [9.17, 15) is 4.79 Å². The Morgan fingerprint density at radius 2 is 2.00 bits per heavy atom. The molecule has 6 heteroatoms. The molecule has 0 radical (unpaired) electrons. The molecule has 1 aliphatic carbocycles. The van der Waals surface area contributed by atoms with E-state index in [-0.39, 0.29) is 11.2 Å². The maximum Gasteiger partial charge on any atom is 0.233 e. The molecule has 2 rings (SSSR count). The summed E-state index contributed by atoms with van der Waals surface area (Å²) < 4.78 is 0. The molecule has 1 atom stereocenters. The summed E-state index contributed by atoms with van der Waals surface area (Å²) in [5, 5.41) is 10.7. The van der Waals surface area contributed by atoms with Crippen molar-refractivity contribution >= 4 is 17.7 Å². The molecule has 1 fully saturated rings. The molecule has 1 aliphatic rings. The summed E-state index contributed by atoms with van der Waals surface area (Å²) in [4.78, 5) is 16.6. The first-order valence-corrected chi connectivity index (χ1v) is 8.33. The van der Waals surface area contributed by atoms with Crippen molar-refractivity contribution in [2.24, 2.45) is 0 Å². The predicted molar refractivity (Wildman–Crippen MR) is 80.8 cm³/mol. The summed E-state index contributed by atoms with van der Waals surface area (Å²) in [5.41, 5.74) is 0. The molecule has 112 valence electrons. The molecule has 0 aliphatic heterocycles. The van der Waals surface area contributed by atoms with Crippen LogP contribution in [-0.2, 0) is 4.79 Å². The molecule has 20 heavy (non-hydrogen) atoms. The van der Waals surface area contributed by atoms with Gasteiger partial charge < -0.3 is 5.32 Å². The fourth-order valence-electron chi connectivity index (χ4n) is 2.35. The molecule has 2 N–H and O–H groups in total. The van der Waals surface area contributed by atoms with E-state index in [1.54, 1.807) is 0 Å². The van der Waals surface area contributed by atoms with Gasteiger partial charge in [-0.15, -0.1) is 5.10 Å². The number of thioether (sulfide) groups is 1. The van der Waals surface area contributed by atoms with E-state index >= 15 is 0 Å². The van der Waals surface area contributed by atoms with Crippen LogP contribution in [0.1, 0.15) is 64.6 Å². The lowest BCUT2D eigenvalue weighted by molar-refractivity contribution is -0.121. The molecule has 1 saturated carbocycles. The van der Waals surface area contributed by atoms with Crippen LogP contribution in [0.5, 0.6) is 0 Å². The first-order chi connectivity index (χ1) is 9.56. The number of nitrogens with one attached hydrogen (secondary N) is 2. The first kappa shape index (κ1) is 15.4. The number of hydrogen-bond acceptors (Lipinski definition) is 4. The highest BCUT2D eigenvalue weighted by Gasteiger charge is 2.21. The summed E-state index contributed by atoms with van der Waals surface area (Å²) in [6.45, 7) is 6.04. The van der Waals surface area contributed by atoms with Crippen LogP contribution in [0.2, 0.25) is 0 Å². The van der Waals surface area contributed by atoms with Gasteiger partial charge >= 0.3 is 0 Å². The van der Waals surface area contributed by atoms with E-state index in [1.165, 1.54) is 31.0 Å². The molecule has 1 heterocycles. The van der Waals surface area contributed by atoms with Gasteiger partial charge in [-0.25, -0.2) is 4.98 Å². The summed E-state index contributed by atoms with van der Waals surface area (Å²) in [5.74, 6) is 1.29. The molecule has 0 unspecified atom stereocenters. The zero-order valence-electron chi connectivity index (χ0n) is 12.5. The number of amides is 1. The number of carbonyl (C=O) groups is 1. The van der Waals surface area contributed by atoms with E-state index in [0.717, 1.165) is 18.7 Å². The van der Waals surface area contributed by atoms with Crippen LogP contribution in [0.25, 0.3) is 0 Å². The van der Waals surface area contributed by atoms with Crippen molar-refractivity contribution in [1.82, 2.24) is 20.5 Å². The van der Waals surface area contributed by atoms with Gasteiger partial charge in [-0.05, 0) is 19.8 Å². The van der Waals surface area contributed by atoms with Crippen LogP contribution in [-0.4, -0.2) is 32.4 Å². The lowest BCUT2D eigenvalue weighted by Gasteiger charge is -2.24. The number of H-pyrrole nitrogens is 1. The Morgan fingerprint density at radius 1 is 1.30 bits per heavy atom. The lowest BCUT2D eigenvalue weighted by atomic mass is 9.95. The minimum atomic E-state index is -0.160. The van der Waals surface area contributed by atoms with Gasteiger partial charge in [0.05, 0.1) is 5.25 Å². The van der Waals surface area contributed by atoms with Crippen molar-refractivity contribution in [2.45, 2.75) is 75.2 Å². The maximum absolute atomic E-state index is 12.2.